The number of ether oxygens (including phenoxy) is 2. The van der Waals surface area contributed by atoms with Gasteiger partial charge in [-0.05, 0) is 12.3 Å². The molecule has 1 fully saturated rings. The van der Waals surface area contributed by atoms with E-state index < -0.39 is 0 Å². The first-order chi connectivity index (χ1) is 7.86. The molecule has 0 N–H and O–H groups in total. The molecule has 0 saturated carbocycles. The largest absolute Gasteiger partial charge is 0.350 e. The molecule has 0 aromatic carbocycles. The zero-order valence-corrected chi connectivity index (χ0v) is 10.3. The Hall–Kier alpha value is -0.410. The number of aldehydes is 1. The molecule has 1 aliphatic rings. The van der Waals surface area contributed by atoms with Crippen LogP contribution in [0.5, 0.6) is 0 Å². The van der Waals surface area contributed by atoms with Crippen molar-refractivity contribution in [2.45, 2.75) is 58.2 Å². The lowest BCUT2D eigenvalue weighted by Gasteiger charge is -2.17. The van der Waals surface area contributed by atoms with Crippen LogP contribution in [-0.4, -0.2) is 25.8 Å². The van der Waals surface area contributed by atoms with Gasteiger partial charge in [-0.2, -0.15) is 0 Å². The summed E-state index contributed by atoms with van der Waals surface area (Å²) in [5.74, 6) is 0.442. The van der Waals surface area contributed by atoms with Crippen molar-refractivity contribution in [3.05, 3.63) is 0 Å². The number of hydrogen-bond donors (Lipinski definition) is 0. The first-order valence-corrected chi connectivity index (χ1v) is 6.53. The van der Waals surface area contributed by atoms with Crippen LogP contribution in [0.3, 0.4) is 0 Å². The first kappa shape index (κ1) is 13.7. The molecule has 3 heteroatoms. The summed E-state index contributed by atoms with van der Waals surface area (Å²) in [5.41, 5.74) is 0. The summed E-state index contributed by atoms with van der Waals surface area (Å²) in [6.45, 7) is 3.62. The molecule has 16 heavy (non-hydrogen) atoms. The highest BCUT2D eigenvalue weighted by Crippen LogP contribution is 2.22. The fourth-order valence-corrected chi connectivity index (χ4v) is 2.14. The van der Waals surface area contributed by atoms with Gasteiger partial charge in [0.1, 0.15) is 6.29 Å². The molecule has 0 radical (unpaired) electrons. The van der Waals surface area contributed by atoms with Crippen molar-refractivity contribution in [2.24, 2.45) is 5.92 Å². The van der Waals surface area contributed by atoms with E-state index in [0.717, 1.165) is 19.1 Å². The third-order valence-corrected chi connectivity index (χ3v) is 3.11. The summed E-state index contributed by atoms with van der Waals surface area (Å²) in [6.07, 6.45) is 8.67. The normalized spacial score (nSPS) is 18.8. The lowest BCUT2D eigenvalue weighted by atomic mass is 9.94. The molecular formula is C13H24O3. The maximum Gasteiger partial charge on any atom is 0.158 e. The average Bonchev–Trinajstić information content (AvgIpc) is 2.77. The molecule has 1 saturated heterocycles. The van der Waals surface area contributed by atoms with Gasteiger partial charge in [-0.1, -0.05) is 32.6 Å². The minimum Gasteiger partial charge on any atom is -0.350 e. The van der Waals surface area contributed by atoms with Gasteiger partial charge < -0.3 is 14.3 Å². The Labute approximate surface area is 98.5 Å². The lowest BCUT2D eigenvalue weighted by molar-refractivity contribution is -0.109. The Morgan fingerprint density at radius 3 is 2.62 bits per heavy atom. The minimum atomic E-state index is -0.0591. The first-order valence-electron chi connectivity index (χ1n) is 6.53. The van der Waals surface area contributed by atoms with Crippen molar-refractivity contribution in [3.63, 3.8) is 0 Å². The molecule has 1 rings (SSSR count). The Morgan fingerprint density at radius 2 is 2.00 bits per heavy atom. The lowest BCUT2D eigenvalue weighted by Crippen LogP contribution is -2.15. The predicted molar refractivity (Wildman–Crippen MR) is 63.2 cm³/mol. The van der Waals surface area contributed by atoms with Crippen LogP contribution in [0.15, 0.2) is 0 Å². The number of hydrogen-bond acceptors (Lipinski definition) is 3. The van der Waals surface area contributed by atoms with Gasteiger partial charge in [-0.3, -0.25) is 0 Å². The van der Waals surface area contributed by atoms with Crippen LogP contribution < -0.4 is 0 Å². The van der Waals surface area contributed by atoms with E-state index >= 15 is 0 Å². The maximum absolute atomic E-state index is 10.6. The second-order valence-corrected chi connectivity index (χ2v) is 4.52. The quantitative estimate of drug-likeness (QED) is 0.449. The zero-order chi connectivity index (χ0) is 11.6. The van der Waals surface area contributed by atoms with Crippen molar-refractivity contribution in [3.8, 4) is 0 Å². The number of unbranched alkanes of at least 4 members (excludes halogenated alkanes) is 3. The van der Waals surface area contributed by atoms with E-state index in [2.05, 4.69) is 6.92 Å². The molecule has 1 aliphatic heterocycles. The monoisotopic (exact) mass is 228 g/mol. The van der Waals surface area contributed by atoms with Gasteiger partial charge >= 0.3 is 0 Å². The maximum atomic E-state index is 10.6. The fraction of sp³-hybridized carbons (Fsp3) is 0.923. The van der Waals surface area contributed by atoms with E-state index in [9.17, 15) is 4.79 Å². The van der Waals surface area contributed by atoms with E-state index in [1.165, 1.54) is 25.7 Å². The van der Waals surface area contributed by atoms with Crippen LogP contribution in [-0.2, 0) is 14.3 Å². The number of carbonyl (C=O) groups excluding carboxylic acids is 1. The molecule has 1 atom stereocenters. The van der Waals surface area contributed by atoms with E-state index in [1.807, 2.05) is 0 Å². The third kappa shape index (κ3) is 5.61. The molecule has 0 spiro atoms. The van der Waals surface area contributed by atoms with Crippen LogP contribution in [0.25, 0.3) is 0 Å². The van der Waals surface area contributed by atoms with Crippen molar-refractivity contribution in [1.29, 1.82) is 0 Å². The zero-order valence-electron chi connectivity index (χ0n) is 10.3. The third-order valence-electron chi connectivity index (χ3n) is 3.11. The molecule has 0 aliphatic carbocycles. The number of carbonyl (C=O) groups is 1. The molecule has 94 valence electrons. The van der Waals surface area contributed by atoms with E-state index in [0.29, 0.717) is 25.6 Å². The fourth-order valence-electron chi connectivity index (χ4n) is 2.14. The molecule has 0 aromatic rings. The molecule has 1 unspecified atom stereocenters. The van der Waals surface area contributed by atoms with Crippen LogP contribution >= 0.6 is 0 Å². The Balaban J connectivity index is 2.15. The smallest absolute Gasteiger partial charge is 0.158 e. The van der Waals surface area contributed by atoms with E-state index in [4.69, 9.17) is 9.47 Å². The van der Waals surface area contributed by atoms with Crippen LogP contribution in [0.4, 0.5) is 0 Å². The Morgan fingerprint density at radius 1 is 1.25 bits per heavy atom. The van der Waals surface area contributed by atoms with Gasteiger partial charge in [-0.15, -0.1) is 0 Å². The minimum absolute atomic E-state index is 0.0591. The van der Waals surface area contributed by atoms with Gasteiger partial charge in [0, 0.05) is 12.8 Å². The standard InChI is InChI=1S/C13H24O3/c1-2-3-4-5-6-12(7-8-14)11-13-15-9-10-16-13/h8,12-13H,2-7,9-11H2,1H3. The molecule has 0 bridgehead atoms. The second kappa shape index (κ2) is 8.71. The van der Waals surface area contributed by atoms with Crippen molar-refractivity contribution in [1.82, 2.24) is 0 Å². The molecule has 3 nitrogen and oxygen atoms in total. The molecule has 0 amide bonds. The van der Waals surface area contributed by atoms with Gasteiger partial charge in [0.05, 0.1) is 13.2 Å². The van der Waals surface area contributed by atoms with Gasteiger partial charge in [-0.25, -0.2) is 0 Å². The van der Waals surface area contributed by atoms with Gasteiger partial charge in [0.15, 0.2) is 6.29 Å². The number of rotatable bonds is 9. The highest BCUT2D eigenvalue weighted by atomic mass is 16.7. The summed E-state index contributed by atoms with van der Waals surface area (Å²) in [7, 11) is 0. The summed E-state index contributed by atoms with van der Waals surface area (Å²) < 4.78 is 10.8. The van der Waals surface area contributed by atoms with Gasteiger partial charge in [0.25, 0.3) is 0 Å². The SMILES string of the molecule is CCCCCCC(CC=O)CC1OCCO1. The Bertz CT molecular complexity index is 176. The van der Waals surface area contributed by atoms with Crippen LogP contribution in [0.2, 0.25) is 0 Å². The highest BCUT2D eigenvalue weighted by molar-refractivity contribution is 5.49. The van der Waals surface area contributed by atoms with Crippen molar-refractivity contribution in [2.75, 3.05) is 13.2 Å². The van der Waals surface area contributed by atoms with Crippen molar-refractivity contribution < 1.29 is 14.3 Å². The van der Waals surface area contributed by atoms with Crippen LogP contribution in [0, 0.1) is 5.92 Å². The van der Waals surface area contributed by atoms with Crippen LogP contribution in [0.1, 0.15) is 51.9 Å². The Kier molecular flexibility index (Phi) is 7.43. The van der Waals surface area contributed by atoms with E-state index in [1.54, 1.807) is 0 Å². The topological polar surface area (TPSA) is 35.5 Å². The molecule has 1 heterocycles. The molecular weight excluding hydrogens is 204 g/mol. The summed E-state index contributed by atoms with van der Waals surface area (Å²) >= 11 is 0. The predicted octanol–water partition coefficient (Wildman–Crippen LogP) is 2.93. The van der Waals surface area contributed by atoms with Crippen molar-refractivity contribution >= 4 is 6.29 Å². The molecule has 0 aromatic heterocycles. The summed E-state index contributed by atoms with van der Waals surface area (Å²) in [4.78, 5) is 10.6. The second-order valence-electron chi connectivity index (χ2n) is 4.52. The average molecular weight is 228 g/mol. The van der Waals surface area contributed by atoms with Gasteiger partial charge in [0.2, 0.25) is 0 Å². The van der Waals surface area contributed by atoms with E-state index in [-0.39, 0.29) is 6.29 Å². The highest BCUT2D eigenvalue weighted by Gasteiger charge is 2.20. The summed E-state index contributed by atoms with van der Waals surface area (Å²) in [6, 6.07) is 0. The summed E-state index contributed by atoms with van der Waals surface area (Å²) in [5, 5.41) is 0.